The van der Waals surface area contributed by atoms with Crippen molar-refractivity contribution in [1.29, 1.82) is 0 Å². The average Bonchev–Trinajstić information content (AvgIpc) is 2.68. The van der Waals surface area contributed by atoms with Crippen molar-refractivity contribution in [3.8, 4) is 11.1 Å². The van der Waals surface area contributed by atoms with Gasteiger partial charge in [0, 0.05) is 11.1 Å². The molecule has 0 bridgehead atoms. The van der Waals surface area contributed by atoms with Crippen LogP contribution in [0.1, 0.15) is 20.7 Å². The third-order valence-electron chi connectivity index (χ3n) is 3.32. The van der Waals surface area contributed by atoms with Crippen LogP contribution in [0.5, 0.6) is 0 Å². The first-order valence-electron chi connectivity index (χ1n) is 5.84. The molecule has 2 aromatic carbocycles. The summed E-state index contributed by atoms with van der Waals surface area (Å²) in [5.41, 5.74) is -0.291. The van der Waals surface area contributed by atoms with Crippen LogP contribution >= 0.6 is 0 Å². The first-order chi connectivity index (χ1) is 9.85. The molecule has 7 heteroatoms. The molecule has 0 saturated carbocycles. The second-order valence-electron chi connectivity index (χ2n) is 4.48. The van der Waals surface area contributed by atoms with E-state index in [0.717, 1.165) is 0 Å². The van der Waals surface area contributed by atoms with Crippen molar-refractivity contribution in [3.05, 3.63) is 47.5 Å². The van der Waals surface area contributed by atoms with Crippen LogP contribution in [-0.4, -0.2) is 30.6 Å². The molecule has 1 aliphatic heterocycles. The number of hydrogen-bond donors (Lipinski definition) is 2. The van der Waals surface area contributed by atoms with E-state index < -0.39 is 21.8 Å². The maximum atomic E-state index is 12.6. The highest BCUT2D eigenvalue weighted by molar-refractivity contribution is 7.92. The second kappa shape index (κ2) is 4.16. The molecule has 106 valence electrons. The highest BCUT2D eigenvalue weighted by Gasteiger charge is 2.39. The summed E-state index contributed by atoms with van der Waals surface area (Å²) < 4.78 is 25.2. The van der Waals surface area contributed by atoms with Crippen molar-refractivity contribution < 1.29 is 28.2 Å². The van der Waals surface area contributed by atoms with Gasteiger partial charge in [0.25, 0.3) is 0 Å². The Hall–Kier alpha value is -2.67. The molecule has 3 rings (SSSR count). The summed E-state index contributed by atoms with van der Waals surface area (Å²) >= 11 is 0. The molecule has 0 spiro atoms. The zero-order valence-corrected chi connectivity index (χ0v) is 11.2. The van der Waals surface area contributed by atoms with E-state index in [1.165, 1.54) is 36.4 Å². The number of rotatable bonds is 2. The minimum atomic E-state index is -4.18. The topological polar surface area (TPSA) is 109 Å². The standard InChI is InChI=1S/C14H8O6S/c15-13(16)9-5-1-3-7-8-4-2-6-10(14(17)18)12(8)21(19,20)11(7)9/h1-6H,(H,15,16)(H,17,18). The lowest BCUT2D eigenvalue weighted by Gasteiger charge is -2.04. The van der Waals surface area contributed by atoms with Crippen LogP contribution in [-0.2, 0) is 9.84 Å². The van der Waals surface area contributed by atoms with Crippen molar-refractivity contribution in [2.75, 3.05) is 0 Å². The fourth-order valence-electron chi connectivity index (χ4n) is 2.52. The predicted octanol–water partition coefficient (Wildman–Crippen LogP) is 1.90. The highest BCUT2D eigenvalue weighted by Crippen LogP contribution is 2.46. The van der Waals surface area contributed by atoms with Gasteiger partial charge < -0.3 is 10.2 Å². The predicted molar refractivity (Wildman–Crippen MR) is 71.2 cm³/mol. The van der Waals surface area contributed by atoms with Gasteiger partial charge in [-0.05, 0) is 12.1 Å². The van der Waals surface area contributed by atoms with E-state index in [2.05, 4.69) is 0 Å². The number of sulfone groups is 1. The molecule has 0 unspecified atom stereocenters. The molecule has 0 fully saturated rings. The van der Waals surface area contributed by atoms with Crippen LogP contribution in [0.15, 0.2) is 46.2 Å². The number of hydrogen-bond acceptors (Lipinski definition) is 4. The van der Waals surface area contributed by atoms with Crippen molar-refractivity contribution in [3.63, 3.8) is 0 Å². The van der Waals surface area contributed by atoms with Crippen molar-refractivity contribution in [1.82, 2.24) is 0 Å². The molecule has 0 saturated heterocycles. The van der Waals surface area contributed by atoms with Crippen LogP contribution < -0.4 is 0 Å². The summed E-state index contributed by atoms with van der Waals surface area (Å²) in [6.45, 7) is 0. The van der Waals surface area contributed by atoms with Gasteiger partial charge >= 0.3 is 11.9 Å². The van der Waals surface area contributed by atoms with Crippen LogP contribution in [0.4, 0.5) is 0 Å². The summed E-state index contributed by atoms with van der Waals surface area (Å²) in [5, 5.41) is 18.3. The number of fused-ring (bicyclic) bond motifs is 3. The van der Waals surface area contributed by atoms with Crippen LogP contribution in [0.25, 0.3) is 11.1 Å². The summed E-state index contributed by atoms with van der Waals surface area (Å²) in [6.07, 6.45) is 0. The zero-order valence-electron chi connectivity index (χ0n) is 10.4. The quantitative estimate of drug-likeness (QED) is 0.748. The molecule has 6 nitrogen and oxygen atoms in total. The lowest BCUT2D eigenvalue weighted by atomic mass is 10.0. The Balaban J connectivity index is 2.50. The lowest BCUT2D eigenvalue weighted by molar-refractivity contribution is 0.0683. The van der Waals surface area contributed by atoms with Crippen molar-refractivity contribution in [2.45, 2.75) is 9.79 Å². The fraction of sp³-hybridized carbons (Fsp3) is 0. The van der Waals surface area contributed by atoms with Gasteiger partial charge in [-0.3, -0.25) is 0 Å². The van der Waals surface area contributed by atoms with Crippen LogP contribution in [0.2, 0.25) is 0 Å². The van der Waals surface area contributed by atoms with E-state index in [9.17, 15) is 18.0 Å². The van der Waals surface area contributed by atoms with E-state index in [0.29, 0.717) is 0 Å². The van der Waals surface area contributed by atoms with E-state index in [1.54, 1.807) is 0 Å². The molecule has 0 amide bonds. The average molecular weight is 304 g/mol. The van der Waals surface area contributed by atoms with Gasteiger partial charge in [-0.25, -0.2) is 18.0 Å². The van der Waals surface area contributed by atoms with Gasteiger partial charge in [0.2, 0.25) is 9.84 Å². The number of carbonyl (C=O) groups is 2. The maximum Gasteiger partial charge on any atom is 0.337 e. The number of aromatic carboxylic acids is 2. The van der Waals surface area contributed by atoms with Crippen LogP contribution in [0, 0.1) is 0 Å². The van der Waals surface area contributed by atoms with E-state index >= 15 is 0 Å². The Morgan fingerprint density at radius 2 is 1.14 bits per heavy atom. The monoisotopic (exact) mass is 304 g/mol. The molecule has 1 aliphatic rings. The maximum absolute atomic E-state index is 12.6. The van der Waals surface area contributed by atoms with E-state index in [-0.39, 0.29) is 32.0 Å². The molecular formula is C14H8O6S. The van der Waals surface area contributed by atoms with Gasteiger partial charge in [0.1, 0.15) is 0 Å². The van der Waals surface area contributed by atoms with Gasteiger partial charge in [-0.2, -0.15) is 0 Å². The molecular weight excluding hydrogens is 296 g/mol. The Labute approximate surface area is 119 Å². The van der Waals surface area contributed by atoms with E-state index in [4.69, 9.17) is 10.2 Å². The summed E-state index contributed by atoms with van der Waals surface area (Å²) in [5.74, 6) is -2.75. The van der Waals surface area contributed by atoms with Gasteiger partial charge in [-0.15, -0.1) is 0 Å². The Kier molecular flexibility index (Phi) is 2.64. The van der Waals surface area contributed by atoms with Crippen molar-refractivity contribution in [2.24, 2.45) is 0 Å². The first-order valence-corrected chi connectivity index (χ1v) is 7.32. The minimum Gasteiger partial charge on any atom is -0.478 e. The Bertz CT molecular complexity index is 842. The van der Waals surface area contributed by atoms with E-state index in [1.807, 2.05) is 0 Å². The van der Waals surface area contributed by atoms with Gasteiger partial charge in [0.05, 0.1) is 20.9 Å². The minimum absolute atomic E-state index is 0.216. The first kappa shape index (κ1) is 13.3. The molecule has 1 heterocycles. The summed E-state index contributed by atoms with van der Waals surface area (Å²) in [4.78, 5) is 21.8. The van der Waals surface area contributed by atoms with Gasteiger partial charge in [0.15, 0.2) is 0 Å². The third-order valence-corrected chi connectivity index (χ3v) is 5.27. The molecule has 0 aliphatic carbocycles. The molecule has 0 radical (unpaired) electrons. The molecule has 0 atom stereocenters. The second-order valence-corrected chi connectivity index (χ2v) is 6.30. The molecule has 21 heavy (non-hydrogen) atoms. The van der Waals surface area contributed by atoms with Crippen LogP contribution in [0.3, 0.4) is 0 Å². The number of carboxylic acids is 2. The normalized spacial score (nSPS) is 14.3. The summed E-state index contributed by atoms with van der Waals surface area (Å²) in [6, 6.07) is 8.17. The third kappa shape index (κ3) is 1.67. The van der Waals surface area contributed by atoms with Gasteiger partial charge in [-0.1, -0.05) is 24.3 Å². The number of benzene rings is 2. The lowest BCUT2D eigenvalue weighted by Crippen LogP contribution is -2.09. The number of carboxylic acid groups (broad SMARTS) is 2. The van der Waals surface area contributed by atoms with Crippen molar-refractivity contribution >= 4 is 21.8 Å². The summed E-state index contributed by atoms with van der Waals surface area (Å²) in [7, 11) is -4.18. The fourth-order valence-corrected chi connectivity index (χ4v) is 4.55. The zero-order chi connectivity index (χ0) is 15.4. The SMILES string of the molecule is O=C(O)c1cccc2c1S(=O)(=O)c1c(C(=O)O)cccc1-2. The molecule has 2 aromatic rings. The highest BCUT2D eigenvalue weighted by atomic mass is 32.2. The molecule has 0 aromatic heterocycles. The Morgan fingerprint density at radius 3 is 1.48 bits per heavy atom. The molecule has 2 N–H and O–H groups in total. The smallest absolute Gasteiger partial charge is 0.337 e. The largest absolute Gasteiger partial charge is 0.478 e. The Morgan fingerprint density at radius 1 is 0.762 bits per heavy atom.